The number of anilines is 1. The van der Waals surface area contributed by atoms with Crippen LogP contribution < -0.4 is 5.32 Å². The molecule has 1 fully saturated rings. The van der Waals surface area contributed by atoms with E-state index in [2.05, 4.69) is 17.2 Å². The molecule has 1 aliphatic carbocycles. The zero-order valence-electron chi connectivity index (χ0n) is 7.63. The fraction of sp³-hybridized carbons (Fsp3) is 0.500. The first-order valence-corrected chi connectivity index (χ1v) is 4.99. The van der Waals surface area contributed by atoms with Crippen LogP contribution in [0.2, 0.25) is 5.02 Å². The van der Waals surface area contributed by atoms with E-state index in [9.17, 15) is 0 Å². The number of hydrogen-bond acceptors (Lipinski definition) is 2. The fourth-order valence-electron chi connectivity index (χ4n) is 1.73. The molecule has 1 heterocycles. The molecule has 0 unspecified atom stereocenters. The average molecular weight is 197 g/mol. The van der Waals surface area contributed by atoms with Crippen LogP contribution in [-0.4, -0.2) is 11.0 Å². The Morgan fingerprint density at radius 3 is 2.92 bits per heavy atom. The highest BCUT2D eigenvalue weighted by atomic mass is 35.5. The summed E-state index contributed by atoms with van der Waals surface area (Å²) >= 11 is 5.96. The van der Waals surface area contributed by atoms with Crippen molar-refractivity contribution in [2.45, 2.75) is 25.8 Å². The maximum absolute atomic E-state index is 5.96. The highest BCUT2D eigenvalue weighted by molar-refractivity contribution is 6.33. The average Bonchev–Trinajstić information content (AvgIpc) is 2.06. The second-order valence-electron chi connectivity index (χ2n) is 3.77. The van der Waals surface area contributed by atoms with Crippen LogP contribution in [0.3, 0.4) is 0 Å². The standard InChI is InChI=1S/C10H13ClN2/c1-7-4-8(5-7)13-10-2-3-12-6-9(10)11/h2-3,6-8H,4-5H2,1H3,(H,12,13). The van der Waals surface area contributed by atoms with Gasteiger partial charge in [-0.1, -0.05) is 18.5 Å². The monoisotopic (exact) mass is 196 g/mol. The van der Waals surface area contributed by atoms with Crippen molar-refractivity contribution in [1.82, 2.24) is 4.98 Å². The third-order valence-corrected chi connectivity index (χ3v) is 2.81. The zero-order chi connectivity index (χ0) is 9.26. The molecule has 3 heteroatoms. The summed E-state index contributed by atoms with van der Waals surface area (Å²) in [5.41, 5.74) is 1.01. The van der Waals surface area contributed by atoms with Crippen molar-refractivity contribution < 1.29 is 0 Å². The highest BCUT2D eigenvalue weighted by Gasteiger charge is 2.25. The molecule has 0 aliphatic heterocycles. The van der Waals surface area contributed by atoms with E-state index >= 15 is 0 Å². The maximum Gasteiger partial charge on any atom is 0.0820 e. The van der Waals surface area contributed by atoms with Gasteiger partial charge >= 0.3 is 0 Å². The van der Waals surface area contributed by atoms with Crippen LogP contribution in [-0.2, 0) is 0 Å². The number of rotatable bonds is 2. The molecule has 13 heavy (non-hydrogen) atoms. The fourth-order valence-corrected chi connectivity index (χ4v) is 1.91. The van der Waals surface area contributed by atoms with Crippen LogP contribution in [0.5, 0.6) is 0 Å². The summed E-state index contributed by atoms with van der Waals surface area (Å²) in [7, 11) is 0. The maximum atomic E-state index is 5.96. The molecule has 0 spiro atoms. The minimum Gasteiger partial charge on any atom is -0.381 e. The summed E-state index contributed by atoms with van der Waals surface area (Å²) in [5, 5.41) is 4.12. The minimum absolute atomic E-state index is 0.606. The predicted molar refractivity (Wildman–Crippen MR) is 55.1 cm³/mol. The number of halogens is 1. The van der Waals surface area contributed by atoms with E-state index in [1.807, 2.05) is 6.07 Å². The van der Waals surface area contributed by atoms with E-state index in [-0.39, 0.29) is 0 Å². The van der Waals surface area contributed by atoms with E-state index in [4.69, 9.17) is 11.6 Å². The predicted octanol–water partition coefficient (Wildman–Crippen LogP) is 2.95. The minimum atomic E-state index is 0.606. The van der Waals surface area contributed by atoms with Crippen molar-refractivity contribution in [3.63, 3.8) is 0 Å². The first-order chi connectivity index (χ1) is 6.25. The Labute approximate surface area is 83.3 Å². The van der Waals surface area contributed by atoms with E-state index in [1.165, 1.54) is 12.8 Å². The molecule has 0 saturated heterocycles. The van der Waals surface area contributed by atoms with Gasteiger partial charge in [0.2, 0.25) is 0 Å². The Kier molecular flexibility index (Phi) is 2.40. The quantitative estimate of drug-likeness (QED) is 0.787. The van der Waals surface area contributed by atoms with Crippen LogP contribution >= 0.6 is 11.6 Å². The number of aromatic nitrogens is 1. The Balaban J connectivity index is 1.98. The molecule has 2 rings (SSSR count). The SMILES string of the molecule is CC1CC(Nc2ccncc2Cl)C1. The van der Waals surface area contributed by atoms with Gasteiger partial charge in [-0.25, -0.2) is 0 Å². The van der Waals surface area contributed by atoms with Crippen molar-refractivity contribution in [2.75, 3.05) is 5.32 Å². The van der Waals surface area contributed by atoms with Gasteiger partial charge in [-0.05, 0) is 24.8 Å². The first-order valence-electron chi connectivity index (χ1n) is 4.62. The van der Waals surface area contributed by atoms with Gasteiger partial charge in [-0.15, -0.1) is 0 Å². The summed E-state index contributed by atoms with van der Waals surface area (Å²) in [6.45, 7) is 2.27. The van der Waals surface area contributed by atoms with Gasteiger partial charge in [0, 0.05) is 18.4 Å². The van der Waals surface area contributed by atoms with Gasteiger partial charge in [0.15, 0.2) is 0 Å². The van der Waals surface area contributed by atoms with Gasteiger partial charge < -0.3 is 5.32 Å². The van der Waals surface area contributed by atoms with Crippen LogP contribution in [0.4, 0.5) is 5.69 Å². The normalized spacial score (nSPS) is 26.6. The van der Waals surface area contributed by atoms with Gasteiger partial charge in [0.1, 0.15) is 0 Å². The molecule has 1 saturated carbocycles. The smallest absolute Gasteiger partial charge is 0.0820 e. The van der Waals surface area contributed by atoms with Crippen LogP contribution in [0.25, 0.3) is 0 Å². The molecule has 0 radical (unpaired) electrons. The van der Waals surface area contributed by atoms with E-state index in [0.717, 1.165) is 11.6 Å². The Morgan fingerprint density at radius 1 is 1.54 bits per heavy atom. The summed E-state index contributed by atoms with van der Waals surface area (Å²) in [4.78, 5) is 3.94. The lowest BCUT2D eigenvalue weighted by Gasteiger charge is -2.34. The van der Waals surface area contributed by atoms with Crippen LogP contribution in [0.1, 0.15) is 19.8 Å². The number of pyridine rings is 1. The Bertz CT molecular complexity index is 295. The molecule has 0 atom stereocenters. The summed E-state index contributed by atoms with van der Waals surface area (Å²) < 4.78 is 0. The zero-order valence-corrected chi connectivity index (χ0v) is 8.38. The van der Waals surface area contributed by atoms with E-state index in [1.54, 1.807) is 12.4 Å². The van der Waals surface area contributed by atoms with Gasteiger partial charge in [-0.2, -0.15) is 0 Å². The molecule has 0 bridgehead atoms. The third-order valence-electron chi connectivity index (χ3n) is 2.51. The summed E-state index contributed by atoms with van der Waals surface area (Å²) in [5.74, 6) is 0.859. The van der Waals surface area contributed by atoms with Crippen LogP contribution in [0, 0.1) is 5.92 Å². The molecule has 1 aliphatic rings. The van der Waals surface area contributed by atoms with Crippen molar-refractivity contribution in [2.24, 2.45) is 5.92 Å². The molecular weight excluding hydrogens is 184 g/mol. The summed E-state index contributed by atoms with van der Waals surface area (Å²) in [6, 6.07) is 2.53. The molecule has 0 amide bonds. The van der Waals surface area contributed by atoms with Crippen LogP contribution in [0.15, 0.2) is 18.5 Å². The second kappa shape index (κ2) is 3.54. The largest absolute Gasteiger partial charge is 0.381 e. The molecule has 0 aromatic carbocycles. The topological polar surface area (TPSA) is 24.9 Å². The lowest BCUT2D eigenvalue weighted by molar-refractivity contribution is 0.309. The molecule has 1 aromatic rings. The van der Waals surface area contributed by atoms with Crippen molar-refractivity contribution in [1.29, 1.82) is 0 Å². The molecule has 1 aromatic heterocycles. The number of nitrogens with one attached hydrogen (secondary N) is 1. The summed E-state index contributed by atoms with van der Waals surface area (Å²) in [6.07, 6.45) is 5.93. The Hall–Kier alpha value is -0.760. The van der Waals surface area contributed by atoms with Crippen molar-refractivity contribution >= 4 is 17.3 Å². The van der Waals surface area contributed by atoms with Gasteiger partial charge in [0.25, 0.3) is 0 Å². The lowest BCUT2D eigenvalue weighted by atomic mass is 9.82. The second-order valence-corrected chi connectivity index (χ2v) is 4.18. The van der Waals surface area contributed by atoms with E-state index < -0.39 is 0 Å². The number of hydrogen-bond donors (Lipinski definition) is 1. The number of nitrogens with zero attached hydrogens (tertiary/aromatic N) is 1. The molecular formula is C10H13ClN2. The van der Waals surface area contributed by atoms with E-state index in [0.29, 0.717) is 11.1 Å². The van der Waals surface area contributed by atoms with Crippen molar-refractivity contribution in [3.8, 4) is 0 Å². The van der Waals surface area contributed by atoms with Gasteiger partial charge in [-0.3, -0.25) is 4.98 Å². The Morgan fingerprint density at radius 2 is 2.31 bits per heavy atom. The molecule has 1 N–H and O–H groups in total. The van der Waals surface area contributed by atoms with Crippen molar-refractivity contribution in [3.05, 3.63) is 23.5 Å². The third kappa shape index (κ3) is 1.94. The molecule has 2 nitrogen and oxygen atoms in total. The lowest BCUT2D eigenvalue weighted by Crippen LogP contribution is -2.33. The van der Waals surface area contributed by atoms with Gasteiger partial charge in [0.05, 0.1) is 10.7 Å². The first kappa shape index (κ1) is 8.82. The molecule has 70 valence electrons. The highest BCUT2D eigenvalue weighted by Crippen LogP contribution is 2.31.